The number of likely N-dealkylation sites (N-methyl/N-ethyl adjacent to an activating group) is 1. The van der Waals surface area contributed by atoms with Crippen molar-refractivity contribution in [1.29, 1.82) is 0 Å². The number of hydrogen-bond donors (Lipinski definition) is 0. The SMILES string of the molecule is COc1ccc(Cl)cc1C(=O)OCC(=O)N(C)Cc1ccc(Cl)s1. The van der Waals surface area contributed by atoms with E-state index in [2.05, 4.69) is 0 Å². The van der Waals surface area contributed by atoms with Crippen LogP contribution in [0.2, 0.25) is 9.36 Å². The normalized spacial score (nSPS) is 10.3. The molecule has 128 valence electrons. The molecule has 5 nitrogen and oxygen atoms in total. The number of amides is 1. The number of carbonyl (C=O) groups excluding carboxylic acids is 2. The van der Waals surface area contributed by atoms with E-state index in [0.717, 1.165) is 4.88 Å². The zero-order chi connectivity index (χ0) is 17.7. The second kappa shape index (κ2) is 8.37. The molecule has 1 aromatic heterocycles. The van der Waals surface area contributed by atoms with E-state index in [1.54, 1.807) is 25.2 Å². The minimum atomic E-state index is -0.671. The molecule has 2 aromatic rings. The van der Waals surface area contributed by atoms with Gasteiger partial charge in [-0.25, -0.2) is 4.79 Å². The number of carbonyl (C=O) groups is 2. The van der Waals surface area contributed by atoms with Crippen LogP contribution in [0.1, 0.15) is 15.2 Å². The van der Waals surface area contributed by atoms with Gasteiger partial charge in [0.05, 0.1) is 18.0 Å². The highest BCUT2D eigenvalue weighted by atomic mass is 35.5. The van der Waals surface area contributed by atoms with Gasteiger partial charge in [0.15, 0.2) is 6.61 Å². The second-order valence-corrected chi connectivity index (χ2v) is 7.11. The molecule has 8 heteroatoms. The Kier molecular flexibility index (Phi) is 6.48. The van der Waals surface area contributed by atoms with Crippen LogP contribution >= 0.6 is 34.5 Å². The van der Waals surface area contributed by atoms with E-state index in [1.807, 2.05) is 6.07 Å². The molecular formula is C16H15Cl2NO4S. The molecule has 0 N–H and O–H groups in total. The molecule has 0 radical (unpaired) electrons. The third kappa shape index (κ3) is 4.87. The first kappa shape index (κ1) is 18.6. The van der Waals surface area contributed by atoms with Gasteiger partial charge in [-0.05, 0) is 30.3 Å². The van der Waals surface area contributed by atoms with Crippen molar-refractivity contribution in [2.75, 3.05) is 20.8 Å². The Morgan fingerprint density at radius 3 is 2.58 bits per heavy atom. The smallest absolute Gasteiger partial charge is 0.342 e. The topological polar surface area (TPSA) is 55.8 Å². The zero-order valence-electron chi connectivity index (χ0n) is 13.0. The summed E-state index contributed by atoms with van der Waals surface area (Å²) in [6.07, 6.45) is 0. The average molecular weight is 388 g/mol. The number of ether oxygens (including phenoxy) is 2. The number of halogens is 2. The maximum Gasteiger partial charge on any atom is 0.342 e. The summed E-state index contributed by atoms with van der Waals surface area (Å²) < 4.78 is 10.8. The third-order valence-electron chi connectivity index (χ3n) is 3.16. The highest BCUT2D eigenvalue weighted by Crippen LogP contribution is 2.24. The van der Waals surface area contributed by atoms with Crippen LogP contribution in [0.5, 0.6) is 5.75 Å². The molecule has 1 aromatic carbocycles. The van der Waals surface area contributed by atoms with E-state index in [4.69, 9.17) is 32.7 Å². The van der Waals surface area contributed by atoms with Crippen molar-refractivity contribution in [3.63, 3.8) is 0 Å². The molecule has 0 atom stereocenters. The van der Waals surface area contributed by atoms with Crippen molar-refractivity contribution in [3.8, 4) is 5.75 Å². The molecule has 24 heavy (non-hydrogen) atoms. The zero-order valence-corrected chi connectivity index (χ0v) is 15.4. The van der Waals surface area contributed by atoms with Crippen molar-refractivity contribution >= 4 is 46.4 Å². The Morgan fingerprint density at radius 1 is 1.21 bits per heavy atom. The number of benzene rings is 1. The number of methoxy groups -OCH3 is 1. The summed E-state index contributed by atoms with van der Waals surface area (Å²) in [6, 6.07) is 8.21. The third-order valence-corrected chi connectivity index (χ3v) is 4.61. The highest BCUT2D eigenvalue weighted by Gasteiger charge is 2.18. The largest absolute Gasteiger partial charge is 0.496 e. The summed E-state index contributed by atoms with van der Waals surface area (Å²) in [5.41, 5.74) is 0.172. The van der Waals surface area contributed by atoms with E-state index < -0.39 is 5.97 Å². The molecule has 0 aliphatic carbocycles. The second-order valence-electron chi connectivity index (χ2n) is 4.88. The van der Waals surface area contributed by atoms with Gasteiger partial charge in [-0.3, -0.25) is 4.79 Å². The molecule has 0 bridgehead atoms. The van der Waals surface area contributed by atoms with Gasteiger partial charge in [0, 0.05) is 16.9 Å². The fourth-order valence-corrected chi connectivity index (χ4v) is 3.23. The summed E-state index contributed by atoms with van der Waals surface area (Å²) in [4.78, 5) is 26.6. The number of rotatable bonds is 6. The van der Waals surface area contributed by atoms with Crippen LogP contribution in [-0.4, -0.2) is 37.5 Å². The quantitative estimate of drug-likeness (QED) is 0.705. The van der Waals surface area contributed by atoms with Crippen LogP contribution < -0.4 is 4.74 Å². The van der Waals surface area contributed by atoms with E-state index in [9.17, 15) is 9.59 Å². The van der Waals surface area contributed by atoms with Crippen molar-refractivity contribution in [2.45, 2.75) is 6.54 Å². The minimum Gasteiger partial charge on any atom is -0.496 e. The van der Waals surface area contributed by atoms with Crippen LogP contribution in [0.25, 0.3) is 0 Å². The first-order valence-electron chi connectivity index (χ1n) is 6.89. The monoisotopic (exact) mass is 387 g/mol. The van der Waals surface area contributed by atoms with Crippen LogP contribution in [0.15, 0.2) is 30.3 Å². The Bertz CT molecular complexity index is 747. The summed E-state index contributed by atoms with van der Waals surface area (Å²) in [6.45, 7) is 0.0262. The van der Waals surface area contributed by atoms with Gasteiger partial charge in [0.25, 0.3) is 5.91 Å². The summed E-state index contributed by atoms with van der Waals surface area (Å²) >= 11 is 13.1. The number of esters is 1. The van der Waals surface area contributed by atoms with Crippen molar-refractivity contribution in [3.05, 3.63) is 50.1 Å². The van der Waals surface area contributed by atoms with E-state index in [-0.39, 0.29) is 18.1 Å². The van der Waals surface area contributed by atoms with Gasteiger partial charge >= 0.3 is 5.97 Å². The lowest BCUT2D eigenvalue weighted by atomic mass is 10.2. The van der Waals surface area contributed by atoms with Crippen molar-refractivity contribution in [2.24, 2.45) is 0 Å². The summed E-state index contributed by atoms with van der Waals surface area (Å²) in [5, 5.41) is 0.376. The predicted octanol–water partition coefficient (Wildman–Crippen LogP) is 3.88. The van der Waals surface area contributed by atoms with Crippen molar-refractivity contribution < 1.29 is 19.1 Å². The van der Waals surface area contributed by atoms with E-state index in [1.165, 1.54) is 29.4 Å². The summed E-state index contributed by atoms with van der Waals surface area (Å²) in [7, 11) is 3.06. The molecule has 0 saturated carbocycles. The van der Waals surface area contributed by atoms with Crippen molar-refractivity contribution in [1.82, 2.24) is 4.90 Å². The standard InChI is InChI=1S/C16H15Cl2NO4S/c1-19(8-11-4-6-14(18)24-11)15(20)9-23-16(21)12-7-10(17)3-5-13(12)22-2/h3-7H,8-9H2,1-2H3. The van der Waals surface area contributed by atoms with Gasteiger partial charge in [-0.15, -0.1) is 11.3 Å². The van der Waals surface area contributed by atoms with Crippen LogP contribution in [-0.2, 0) is 16.1 Å². The molecule has 0 aliphatic heterocycles. The lowest BCUT2D eigenvalue weighted by Crippen LogP contribution is -2.30. The average Bonchev–Trinajstić information content (AvgIpc) is 2.97. The molecule has 0 aliphatic rings. The van der Waals surface area contributed by atoms with Gasteiger partial charge in [0.2, 0.25) is 0 Å². The fraction of sp³-hybridized carbons (Fsp3) is 0.250. The van der Waals surface area contributed by atoms with Crippen LogP contribution in [0, 0.1) is 0 Å². The van der Waals surface area contributed by atoms with Crippen LogP contribution in [0.3, 0.4) is 0 Å². The maximum absolute atomic E-state index is 12.1. The molecule has 1 amide bonds. The number of nitrogens with zero attached hydrogens (tertiary/aromatic N) is 1. The molecule has 0 spiro atoms. The lowest BCUT2D eigenvalue weighted by molar-refractivity contribution is -0.133. The van der Waals surface area contributed by atoms with Gasteiger partial charge in [-0.1, -0.05) is 23.2 Å². The van der Waals surface area contributed by atoms with Crippen LogP contribution in [0.4, 0.5) is 0 Å². The van der Waals surface area contributed by atoms with E-state index >= 15 is 0 Å². The minimum absolute atomic E-state index is 0.172. The Morgan fingerprint density at radius 2 is 1.96 bits per heavy atom. The Hall–Kier alpha value is -1.76. The highest BCUT2D eigenvalue weighted by molar-refractivity contribution is 7.16. The Labute approximate surface area is 153 Å². The summed E-state index contributed by atoms with van der Waals surface area (Å²) in [5.74, 6) is -0.664. The maximum atomic E-state index is 12.1. The van der Waals surface area contributed by atoms with E-state index in [0.29, 0.717) is 21.7 Å². The fourth-order valence-electron chi connectivity index (χ4n) is 1.91. The predicted molar refractivity (Wildman–Crippen MR) is 94.1 cm³/mol. The lowest BCUT2D eigenvalue weighted by Gasteiger charge is -2.16. The molecule has 0 saturated heterocycles. The first-order chi connectivity index (χ1) is 11.4. The van der Waals surface area contributed by atoms with Gasteiger partial charge in [-0.2, -0.15) is 0 Å². The van der Waals surface area contributed by atoms with Gasteiger partial charge in [0.1, 0.15) is 11.3 Å². The number of thiophene rings is 1. The Balaban J connectivity index is 1.93. The molecule has 1 heterocycles. The molecule has 0 fully saturated rings. The molecule has 2 rings (SSSR count). The number of hydrogen-bond acceptors (Lipinski definition) is 5. The van der Waals surface area contributed by atoms with Gasteiger partial charge < -0.3 is 14.4 Å². The molecule has 0 unspecified atom stereocenters. The first-order valence-corrected chi connectivity index (χ1v) is 8.46. The molecular weight excluding hydrogens is 373 g/mol.